The van der Waals surface area contributed by atoms with Crippen LogP contribution in [0.25, 0.3) is 0 Å². The van der Waals surface area contributed by atoms with E-state index in [0.29, 0.717) is 17.0 Å². The molecule has 21 heavy (non-hydrogen) atoms. The topological polar surface area (TPSA) is 42.4 Å². The quantitative estimate of drug-likeness (QED) is 0.585. The van der Waals surface area contributed by atoms with Gasteiger partial charge in [0, 0.05) is 24.3 Å². The Bertz CT molecular complexity index is 489. The number of nitrogens with zero attached hydrogens (tertiary/aromatic N) is 1. The van der Waals surface area contributed by atoms with Crippen molar-refractivity contribution in [3.05, 3.63) is 28.0 Å². The van der Waals surface area contributed by atoms with Crippen LogP contribution in [0.4, 0.5) is 0 Å². The molecule has 0 aliphatic carbocycles. The summed E-state index contributed by atoms with van der Waals surface area (Å²) in [6, 6.07) is 1.65. The van der Waals surface area contributed by atoms with Crippen LogP contribution in [0.15, 0.2) is 12.3 Å². The van der Waals surface area contributed by atoms with E-state index < -0.39 is 14.4 Å². The minimum Gasteiger partial charge on any atom is -0.414 e. The summed E-state index contributed by atoms with van der Waals surface area (Å²) in [5.74, 6) is 0. The summed E-state index contributed by atoms with van der Waals surface area (Å²) in [6.45, 7) is 13.0. The van der Waals surface area contributed by atoms with Gasteiger partial charge >= 0.3 is 0 Å². The number of hydrogen-bond donors (Lipinski definition) is 1. The Morgan fingerprint density at radius 2 is 1.90 bits per heavy atom. The molecule has 0 aliphatic heterocycles. The maximum absolute atomic E-state index is 10.3. The number of hydrogen-bond acceptors (Lipinski definition) is 3. The van der Waals surface area contributed by atoms with E-state index in [-0.39, 0.29) is 16.3 Å². The molecule has 6 heteroatoms. The Balaban J connectivity index is 2.75. The van der Waals surface area contributed by atoms with Crippen molar-refractivity contribution in [2.75, 3.05) is 0 Å². The first-order valence-electron chi connectivity index (χ1n) is 7.11. The third-order valence-electron chi connectivity index (χ3n) is 4.05. The van der Waals surface area contributed by atoms with Gasteiger partial charge in [0.05, 0.1) is 11.1 Å². The van der Waals surface area contributed by atoms with E-state index in [1.165, 1.54) is 6.20 Å². The van der Waals surface area contributed by atoms with Crippen molar-refractivity contribution >= 4 is 31.5 Å². The first-order chi connectivity index (χ1) is 9.44. The molecule has 0 fully saturated rings. The van der Waals surface area contributed by atoms with Crippen LogP contribution in [0.1, 0.15) is 45.8 Å². The van der Waals surface area contributed by atoms with Gasteiger partial charge in [-0.2, -0.15) is 0 Å². The average molecular weight is 350 g/mol. The third-order valence-corrected chi connectivity index (χ3v) is 9.18. The summed E-state index contributed by atoms with van der Waals surface area (Å²) in [7, 11) is -1.85. The summed E-state index contributed by atoms with van der Waals surface area (Å²) < 4.78 is 6.25. The highest BCUT2D eigenvalue weighted by Gasteiger charge is 2.38. The van der Waals surface area contributed by atoms with Crippen LogP contribution in [0.2, 0.25) is 28.3 Å². The van der Waals surface area contributed by atoms with Crippen molar-refractivity contribution in [1.82, 2.24) is 4.98 Å². The van der Waals surface area contributed by atoms with Crippen molar-refractivity contribution in [1.29, 1.82) is 0 Å². The van der Waals surface area contributed by atoms with Gasteiger partial charge in [0.15, 0.2) is 8.32 Å². The van der Waals surface area contributed by atoms with Gasteiger partial charge in [-0.15, -0.1) is 0 Å². The van der Waals surface area contributed by atoms with E-state index in [9.17, 15) is 5.11 Å². The number of aliphatic hydroxyl groups is 1. The number of aromatic nitrogens is 1. The van der Waals surface area contributed by atoms with Gasteiger partial charge in [0.25, 0.3) is 0 Å². The summed E-state index contributed by atoms with van der Waals surface area (Å²) in [6.07, 6.45) is 1.14. The van der Waals surface area contributed by atoms with E-state index >= 15 is 0 Å². The molecule has 1 rings (SSSR count). The molecule has 0 aromatic carbocycles. The second-order valence-electron chi connectivity index (χ2n) is 6.97. The Hall–Kier alpha value is -0.133. The molecular weight excluding hydrogens is 325 g/mol. The normalized spacial score (nSPS) is 15.9. The highest BCUT2D eigenvalue weighted by atomic mass is 35.5. The predicted molar refractivity (Wildman–Crippen MR) is 91.6 cm³/mol. The largest absolute Gasteiger partial charge is 0.414 e. The van der Waals surface area contributed by atoms with Gasteiger partial charge in [0.2, 0.25) is 0 Å². The van der Waals surface area contributed by atoms with E-state index in [1.54, 1.807) is 6.07 Å². The van der Waals surface area contributed by atoms with E-state index in [4.69, 9.17) is 27.6 Å². The summed E-state index contributed by atoms with van der Waals surface area (Å²) in [5.41, 5.74) is 0.551. The summed E-state index contributed by atoms with van der Waals surface area (Å²) in [4.78, 5) is 3.96. The van der Waals surface area contributed by atoms with E-state index in [1.807, 2.05) is 6.92 Å². The first-order valence-corrected chi connectivity index (χ1v) is 10.8. The molecule has 0 saturated carbocycles. The zero-order chi connectivity index (χ0) is 16.4. The van der Waals surface area contributed by atoms with Crippen LogP contribution in [-0.2, 0) is 4.43 Å². The number of pyridine rings is 1. The number of aliphatic hydroxyl groups excluding tert-OH is 1. The zero-order valence-corrected chi connectivity index (χ0v) is 16.1. The standard InChI is InChI=1S/C15H25Cl2NO2Si/c1-10(20-21(5,6)15(2,3)4)7-13(19)12-8-11(16)9-18-14(12)17/h8-10,13,19H,7H2,1-6H3/t10-,13?/m1/s1. The molecule has 3 nitrogen and oxygen atoms in total. The Morgan fingerprint density at radius 1 is 1.33 bits per heavy atom. The molecule has 2 atom stereocenters. The van der Waals surface area contributed by atoms with Gasteiger partial charge in [-0.05, 0) is 31.1 Å². The van der Waals surface area contributed by atoms with Gasteiger partial charge < -0.3 is 9.53 Å². The molecule has 1 aromatic rings. The lowest BCUT2D eigenvalue weighted by molar-refractivity contribution is 0.0956. The summed E-state index contributed by atoms with van der Waals surface area (Å²) in [5, 5.41) is 11.2. The number of halogens is 2. The van der Waals surface area contributed by atoms with Gasteiger partial charge in [-0.3, -0.25) is 0 Å². The molecule has 1 aromatic heterocycles. The first kappa shape index (κ1) is 18.9. The van der Waals surface area contributed by atoms with Crippen molar-refractivity contribution in [3.8, 4) is 0 Å². The maximum atomic E-state index is 10.3. The van der Waals surface area contributed by atoms with E-state index in [2.05, 4.69) is 38.8 Å². The van der Waals surface area contributed by atoms with Crippen LogP contribution < -0.4 is 0 Å². The smallest absolute Gasteiger partial charge is 0.192 e. The third kappa shape index (κ3) is 5.22. The van der Waals surface area contributed by atoms with Crippen molar-refractivity contribution in [2.24, 2.45) is 0 Å². The molecule has 0 saturated heterocycles. The Labute approximate surface area is 138 Å². The predicted octanol–water partition coefficient (Wildman–Crippen LogP) is 5.22. The van der Waals surface area contributed by atoms with E-state index in [0.717, 1.165) is 0 Å². The van der Waals surface area contributed by atoms with Gasteiger partial charge in [-0.25, -0.2) is 4.98 Å². The molecule has 120 valence electrons. The Morgan fingerprint density at radius 3 is 2.43 bits per heavy atom. The lowest BCUT2D eigenvalue weighted by atomic mass is 10.1. The average Bonchev–Trinajstić information content (AvgIpc) is 2.29. The van der Waals surface area contributed by atoms with Crippen LogP contribution in [0.3, 0.4) is 0 Å². The molecule has 0 amide bonds. The van der Waals surface area contributed by atoms with Gasteiger partial charge in [-0.1, -0.05) is 44.0 Å². The van der Waals surface area contributed by atoms with Crippen LogP contribution in [0.5, 0.6) is 0 Å². The monoisotopic (exact) mass is 349 g/mol. The van der Waals surface area contributed by atoms with Gasteiger partial charge in [0.1, 0.15) is 5.15 Å². The molecule has 1 unspecified atom stereocenters. The molecule has 0 bridgehead atoms. The summed E-state index contributed by atoms with van der Waals surface area (Å²) >= 11 is 11.9. The van der Waals surface area contributed by atoms with Crippen molar-refractivity contribution in [2.45, 2.75) is 64.5 Å². The minimum absolute atomic E-state index is 0.0593. The molecule has 1 N–H and O–H groups in total. The second kappa shape index (κ2) is 6.96. The molecule has 0 radical (unpaired) electrons. The zero-order valence-electron chi connectivity index (χ0n) is 13.6. The molecular formula is C15H25Cl2NO2Si. The fraction of sp³-hybridized carbons (Fsp3) is 0.667. The SMILES string of the molecule is C[C@H](CC(O)c1cc(Cl)cnc1Cl)O[Si](C)(C)C(C)(C)C. The highest BCUT2D eigenvalue weighted by molar-refractivity contribution is 6.74. The lowest BCUT2D eigenvalue weighted by Crippen LogP contribution is -2.43. The van der Waals surface area contributed by atoms with Crippen molar-refractivity contribution in [3.63, 3.8) is 0 Å². The maximum Gasteiger partial charge on any atom is 0.192 e. The fourth-order valence-corrected chi connectivity index (χ4v) is 3.69. The van der Waals surface area contributed by atoms with Crippen molar-refractivity contribution < 1.29 is 9.53 Å². The molecule has 1 heterocycles. The highest BCUT2D eigenvalue weighted by Crippen LogP contribution is 2.38. The number of rotatable bonds is 5. The minimum atomic E-state index is -1.85. The Kier molecular flexibility index (Phi) is 6.27. The second-order valence-corrected chi connectivity index (χ2v) is 12.5. The fourth-order valence-electron chi connectivity index (χ4n) is 1.84. The lowest BCUT2D eigenvalue weighted by Gasteiger charge is -2.38. The van der Waals surface area contributed by atoms with Crippen LogP contribution in [0, 0.1) is 0 Å². The van der Waals surface area contributed by atoms with Crippen LogP contribution >= 0.6 is 23.2 Å². The van der Waals surface area contributed by atoms with Crippen LogP contribution in [-0.4, -0.2) is 24.5 Å². The molecule has 0 spiro atoms. The molecule has 0 aliphatic rings.